The molecule has 1 aliphatic heterocycles. The summed E-state index contributed by atoms with van der Waals surface area (Å²) >= 11 is 0. The first-order chi connectivity index (χ1) is 9.81. The van der Waals surface area contributed by atoms with Gasteiger partial charge in [0.1, 0.15) is 5.82 Å². The molecule has 2 fully saturated rings. The quantitative estimate of drug-likeness (QED) is 0.918. The van der Waals surface area contributed by atoms with Gasteiger partial charge in [-0.3, -0.25) is 0 Å². The van der Waals surface area contributed by atoms with Gasteiger partial charge in [-0.25, -0.2) is 4.98 Å². The van der Waals surface area contributed by atoms with E-state index in [9.17, 15) is 0 Å². The summed E-state index contributed by atoms with van der Waals surface area (Å²) in [5, 5.41) is 3.52. The molecule has 110 valence electrons. The number of morpholine rings is 1. The zero-order valence-electron chi connectivity index (χ0n) is 12.3. The van der Waals surface area contributed by atoms with Gasteiger partial charge in [-0.05, 0) is 19.8 Å². The molecule has 0 aromatic carbocycles. The first-order valence-electron chi connectivity index (χ1n) is 7.76. The second-order valence-electron chi connectivity index (χ2n) is 5.77. The SMILES string of the molecule is Cc1cc(N2CCOCC2)nc(NC2CCCCC2)n1. The van der Waals surface area contributed by atoms with E-state index >= 15 is 0 Å². The Hall–Kier alpha value is -1.36. The molecule has 0 bridgehead atoms. The van der Waals surface area contributed by atoms with Gasteiger partial charge < -0.3 is 15.0 Å². The second kappa shape index (κ2) is 6.39. The van der Waals surface area contributed by atoms with Gasteiger partial charge in [0.25, 0.3) is 0 Å². The zero-order valence-corrected chi connectivity index (χ0v) is 12.3. The third-order valence-corrected chi connectivity index (χ3v) is 4.11. The maximum Gasteiger partial charge on any atom is 0.225 e. The number of anilines is 2. The third kappa shape index (κ3) is 3.39. The molecule has 0 atom stereocenters. The summed E-state index contributed by atoms with van der Waals surface area (Å²) in [5.74, 6) is 1.82. The normalized spacial score (nSPS) is 20.9. The predicted molar refractivity (Wildman–Crippen MR) is 80.3 cm³/mol. The molecule has 5 heteroatoms. The van der Waals surface area contributed by atoms with Crippen molar-refractivity contribution >= 4 is 11.8 Å². The van der Waals surface area contributed by atoms with Gasteiger partial charge in [0.15, 0.2) is 0 Å². The molecule has 0 unspecified atom stereocenters. The van der Waals surface area contributed by atoms with E-state index in [1.54, 1.807) is 0 Å². The number of nitrogens with one attached hydrogen (secondary N) is 1. The lowest BCUT2D eigenvalue weighted by atomic mass is 9.96. The summed E-state index contributed by atoms with van der Waals surface area (Å²) < 4.78 is 5.40. The molecule has 5 nitrogen and oxygen atoms in total. The molecule has 2 aliphatic rings. The van der Waals surface area contributed by atoms with E-state index in [1.807, 2.05) is 6.92 Å². The minimum atomic E-state index is 0.545. The Labute approximate surface area is 120 Å². The second-order valence-corrected chi connectivity index (χ2v) is 5.77. The third-order valence-electron chi connectivity index (χ3n) is 4.11. The molecule has 1 aromatic heterocycles. The van der Waals surface area contributed by atoms with Crippen LogP contribution in [0.25, 0.3) is 0 Å². The maximum atomic E-state index is 5.40. The van der Waals surface area contributed by atoms with Gasteiger partial charge in [-0.2, -0.15) is 4.98 Å². The van der Waals surface area contributed by atoms with Crippen LogP contribution in [0, 0.1) is 6.92 Å². The van der Waals surface area contributed by atoms with Crippen molar-refractivity contribution in [2.24, 2.45) is 0 Å². The van der Waals surface area contributed by atoms with Crippen LogP contribution in [-0.4, -0.2) is 42.3 Å². The van der Waals surface area contributed by atoms with Crippen molar-refractivity contribution in [3.63, 3.8) is 0 Å². The van der Waals surface area contributed by atoms with Crippen molar-refractivity contribution in [3.8, 4) is 0 Å². The van der Waals surface area contributed by atoms with Crippen molar-refractivity contribution < 1.29 is 4.74 Å². The van der Waals surface area contributed by atoms with Crippen LogP contribution in [0.5, 0.6) is 0 Å². The Morgan fingerprint density at radius 2 is 1.90 bits per heavy atom. The van der Waals surface area contributed by atoms with Crippen LogP contribution in [0.2, 0.25) is 0 Å². The molecule has 2 heterocycles. The highest BCUT2D eigenvalue weighted by Crippen LogP contribution is 2.22. The summed E-state index contributed by atoms with van der Waals surface area (Å²) in [7, 11) is 0. The summed E-state index contributed by atoms with van der Waals surface area (Å²) in [6.07, 6.45) is 6.49. The van der Waals surface area contributed by atoms with E-state index in [-0.39, 0.29) is 0 Å². The van der Waals surface area contributed by atoms with E-state index in [0.717, 1.165) is 43.8 Å². The number of ether oxygens (including phenoxy) is 1. The zero-order chi connectivity index (χ0) is 13.8. The van der Waals surface area contributed by atoms with E-state index in [2.05, 4.69) is 21.3 Å². The van der Waals surface area contributed by atoms with E-state index in [4.69, 9.17) is 9.72 Å². The molecule has 0 spiro atoms. The van der Waals surface area contributed by atoms with Crippen molar-refractivity contribution in [2.75, 3.05) is 36.5 Å². The predicted octanol–water partition coefficient (Wildman–Crippen LogP) is 2.37. The van der Waals surface area contributed by atoms with Crippen LogP contribution in [-0.2, 0) is 4.74 Å². The topological polar surface area (TPSA) is 50.3 Å². The molecular weight excluding hydrogens is 252 g/mol. The lowest BCUT2D eigenvalue weighted by Gasteiger charge is -2.29. The highest BCUT2D eigenvalue weighted by molar-refractivity contribution is 5.45. The molecule has 3 rings (SSSR count). The first-order valence-corrected chi connectivity index (χ1v) is 7.76. The van der Waals surface area contributed by atoms with Crippen LogP contribution in [0.4, 0.5) is 11.8 Å². The number of hydrogen-bond acceptors (Lipinski definition) is 5. The number of aromatic nitrogens is 2. The molecule has 1 saturated carbocycles. The minimum Gasteiger partial charge on any atom is -0.378 e. The molecule has 0 amide bonds. The summed E-state index contributed by atoms with van der Waals surface area (Å²) in [6.45, 7) is 5.44. The van der Waals surface area contributed by atoms with Gasteiger partial charge in [0.05, 0.1) is 13.2 Å². The number of nitrogens with zero attached hydrogens (tertiary/aromatic N) is 3. The molecule has 0 radical (unpaired) electrons. The van der Waals surface area contributed by atoms with E-state index in [0.29, 0.717) is 6.04 Å². The molecule has 1 aliphatic carbocycles. The molecule has 20 heavy (non-hydrogen) atoms. The van der Waals surface area contributed by atoms with Crippen LogP contribution in [0.3, 0.4) is 0 Å². The van der Waals surface area contributed by atoms with Crippen LogP contribution in [0.15, 0.2) is 6.07 Å². The fraction of sp³-hybridized carbons (Fsp3) is 0.733. The van der Waals surface area contributed by atoms with Gasteiger partial charge in [0, 0.05) is 30.9 Å². The summed E-state index contributed by atoms with van der Waals surface area (Å²) in [4.78, 5) is 11.5. The Kier molecular flexibility index (Phi) is 4.35. The standard InChI is InChI=1S/C15H24N4O/c1-12-11-14(19-7-9-20-10-8-19)18-15(16-12)17-13-5-3-2-4-6-13/h11,13H,2-10H2,1H3,(H,16,17,18). The number of hydrogen-bond donors (Lipinski definition) is 1. The Morgan fingerprint density at radius 3 is 2.65 bits per heavy atom. The van der Waals surface area contributed by atoms with Crippen LogP contribution in [0.1, 0.15) is 37.8 Å². The van der Waals surface area contributed by atoms with Crippen molar-refractivity contribution in [1.82, 2.24) is 9.97 Å². The fourth-order valence-electron chi connectivity index (χ4n) is 3.00. The van der Waals surface area contributed by atoms with Gasteiger partial charge in [-0.15, -0.1) is 0 Å². The summed E-state index contributed by atoms with van der Waals surface area (Å²) in [5.41, 5.74) is 1.03. The lowest BCUT2D eigenvalue weighted by molar-refractivity contribution is 0.122. The molecule has 1 saturated heterocycles. The highest BCUT2D eigenvalue weighted by atomic mass is 16.5. The van der Waals surface area contributed by atoms with Crippen molar-refractivity contribution in [3.05, 3.63) is 11.8 Å². The average molecular weight is 276 g/mol. The first kappa shape index (κ1) is 13.6. The lowest BCUT2D eigenvalue weighted by Crippen LogP contribution is -2.37. The molecule has 1 aromatic rings. The monoisotopic (exact) mass is 276 g/mol. The smallest absolute Gasteiger partial charge is 0.225 e. The summed E-state index contributed by atoms with van der Waals surface area (Å²) in [6, 6.07) is 2.61. The van der Waals surface area contributed by atoms with Crippen molar-refractivity contribution in [1.29, 1.82) is 0 Å². The van der Waals surface area contributed by atoms with E-state index in [1.165, 1.54) is 32.1 Å². The van der Waals surface area contributed by atoms with Crippen LogP contribution >= 0.6 is 0 Å². The number of rotatable bonds is 3. The fourth-order valence-corrected chi connectivity index (χ4v) is 3.00. The molecule has 1 N–H and O–H groups in total. The van der Waals surface area contributed by atoms with Gasteiger partial charge in [0.2, 0.25) is 5.95 Å². The Balaban J connectivity index is 1.71. The number of aryl methyl sites for hydroxylation is 1. The minimum absolute atomic E-state index is 0.545. The Morgan fingerprint density at radius 1 is 1.15 bits per heavy atom. The van der Waals surface area contributed by atoms with Gasteiger partial charge >= 0.3 is 0 Å². The van der Waals surface area contributed by atoms with Crippen molar-refractivity contribution in [2.45, 2.75) is 45.1 Å². The maximum absolute atomic E-state index is 5.40. The largest absolute Gasteiger partial charge is 0.378 e. The van der Waals surface area contributed by atoms with Gasteiger partial charge in [-0.1, -0.05) is 19.3 Å². The van der Waals surface area contributed by atoms with Crippen LogP contribution < -0.4 is 10.2 Å². The Bertz CT molecular complexity index is 439. The molecular formula is C15H24N4O. The average Bonchev–Trinajstić information content (AvgIpc) is 2.49. The van der Waals surface area contributed by atoms with E-state index < -0.39 is 0 Å². The highest BCUT2D eigenvalue weighted by Gasteiger charge is 2.17.